The first-order valence-corrected chi connectivity index (χ1v) is 8.51. The summed E-state index contributed by atoms with van der Waals surface area (Å²) in [6.07, 6.45) is 0.411. The Morgan fingerprint density at radius 1 is 0.960 bits per heavy atom. The molecule has 2 amide bonds. The summed E-state index contributed by atoms with van der Waals surface area (Å²) in [6, 6.07) is 16.5. The number of carbonyl (C=O) groups excluding carboxylic acids is 2. The van der Waals surface area contributed by atoms with Gasteiger partial charge in [0.15, 0.2) is 0 Å². The first-order valence-electron chi connectivity index (χ1n) is 8.51. The van der Waals surface area contributed by atoms with Crippen LogP contribution in [0.3, 0.4) is 0 Å². The van der Waals surface area contributed by atoms with Gasteiger partial charge in [-0.15, -0.1) is 0 Å². The van der Waals surface area contributed by atoms with Crippen LogP contribution < -0.4 is 10.6 Å². The van der Waals surface area contributed by atoms with Crippen molar-refractivity contribution in [1.82, 2.24) is 4.90 Å². The Bertz CT molecular complexity index is 716. The van der Waals surface area contributed by atoms with Gasteiger partial charge < -0.3 is 10.6 Å². The highest BCUT2D eigenvalue weighted by Crippen LogP contribution is 2.22. The van der Waals surface area contributed by atoms with Crippen molar-refractivity contribution < 1.29 is 9.59 Å². The Kier molecular flexibility index (Phi) is 6.71. The Hall–Kier alpha value is -2.66. The zero-order valence-electron chi connectivity index (χ0n) is 15.0. The molecule has 0 heterocycles. The minimum Gasteiger partial charge on any atom is -0.326 e. The lowest BCUT2D eigenvalue weighted by atomic mass is 10.0. The maximum atomic E-state index is 12.9. The lowest BCUT2D eigenvalue weighted by Crippen LogP contribution is -2.34. The van der Waals surface area contributed by atoms with E-state index in [1.54, 1.807) is 19.1 Å². The van der Waals surface area contributed by atoms with Crippen LogP contribution in [-0.2, 0) is 9.59 Å². The molecule has 0 fully saturated rings. The third-order valence-electron chi connectivity index (χ3n) is 4.04. The molecule has 0 saturated carbocycles. The van der Waals surface area contributed by atoms with Crippen molar-refractivity contribution in [3.05, 3.63) is 60.2 Å². The summed E-state index contributed by atoms with van der Waals surface area (Å²) in [6.45, 7) is 4.57. The van der Waals surface area contributed by atoms with Gasteiger partial charge in [0, 0.05) is 17.8 Å². The van der Waals surface area contributed by atoms with Crippen molar-refractivity contribution in [2.45, 2.75) is 26.3 Å². The van der Waals surface area contributed by atoms with Crippen LogP contribution in [0.1, 0.15) is 31.9 Å². The summed E-state index contributed by atoms with van der Waals surface area (Å²) in [5.41, 5.74) is 2.27. The third kappa shape index (κ3) is 5.16. The molecule has 0 bridgehead atoms. The van der Waals surface area contributed by atoms with Crippen LogP contribution in [-0.4, -0.2) is 30.3 Å². The molecule has 2 aromatic carbocycles. The minimum absolute atomic E-state index is 0.0589. The normalized spacial score (nSPS) is 11.8. The monoisotopic (exact) mass is 339 g/mol. The van der Waals surface area contributed by atoms with E-state index in [4.69, 9.17) is 0 Å². The van der Waals surface area contributed by atoms with Gasteiger partial charge >= 0.3 is 0 Å². The average Bonchev–Trinajstić information content (AvgIpc) is 2.62. The summed E-state index contributed by atoms with van der Waals surface area (Å²) in [4.78, 5) is 26.4. The second-order valence-electron chi connectivity index (χ2n) is 5.86. The fourth-order valence-corrected chi connectivity index (χ4v) is 2.56. The molecule has 0 aliphatic rings. The maximum absolute atomic E-state index is 12.9. The van der Waals surface area contributed by atoms with Crippen molar-refractivity contribution in [2.75, 3.05) is 24.2 Å². The van der Waals surface area contributed by atoms with Crippen LogP contribution in [0.2, 0.25) is 0 Å². The van der Waals surface area contributed by atoms with E-state index in [9.17, 15) is 9.59 Å². The fraction of sp³-hybridized carbons (Fsp3) is 0.300. The summed E-state index contributed by atoms with van der Waals surface area (Å²) in [7, 11) is 1.93. The van der Waals surface area contributed by atoms with E-state index in [-0.39, 0.29) is 17.9 Å². The molecule has 0 aliphatic heterocycles. The molecule has 2 rings (SSSR count). The maximum Gasteiger partial charge on any atom is 0.246 e. The standard InChI is InChI=1S/C20H25N3O2/c1-4-18(24)21-16-12-9-13-17(14-16)22-20(25)19(23(3)5-2)15-10-7-6-8-11-15/h6-14,19H,4-5H2,1-3H3,(H,21,24)(H,22,25)/t19-/m0/s1. The number of carbonyl (C=O) groups is 2. The van der Waals surface area contributed by atoms with Gasteiger partial charge in [0.25, 0.3) is 0 Å². The highest BCUT2D eigenvalue weighted by molar-refractivity contribution is 5.97. The number of likely N-dealkylation sites (N-methyl/N-ethyl adjacent to an activating group) is 1. The number of nitrogens with zero attached hydrogens (tertiary/aromatic N) is 1. The highest BCUT2D eigenvalue weighted by atomic mass is 16.2. The van der Waals surface area contributed by atoms with Crippen molar-refractivity contribution in [3.63, 3.8) is 0 Å². The van der Waals surface area contributed by atoms with Gasteiger partial charge in [-0.1, -0.05) is 50.2 Å². The second-order valence-corrected chi connectivity index (χ2v) is 5.86. The molecule has 2 aromatic rings. The van der Waals surface area contributed by atoms with Gasteiger partial charge in [-0.25, -0.2) is 0 Å². The topological polar surface area (TPSA) is 61.4 Å². The number of rotatable bonds is 7. The first kappa shape index (κ1) is 18.7. The molecule has 0 radical (unpaired) electrons. The molecule has 1 atom stereocenters. The Labute approximate surface area is 149 Å². The minimum atomic E-state index is -0.375. The summed E-state index contributed by atoms with van der Waals surface area (Å²) in [5, 5.41) is 5.75. The number of anilines is 2. The molecule has 132 valence electrons. The van der Waals surface area contributed by atoms with Crippen LogP contribution >= 0.6 is 0 Å². The van der Waals surface area contributed by atoms with Gasteiger partial charge in [-0.3, -0.25) is 14.5 Å². The van der Waals surface area contributed by atoms with Crippen molar-refractivity contribution in [1.29, 1.82) is 0 Å². The predicted octanol–water partition coefficient (Wildman–Crippen LogP) is 3.67. The second kappa shape index (κ2) is 8.99. The van der Waals surface area contributed by atoms with E-state index in [1.165, 1.54) is 0 Å². The SMILES string of the molecule is CCC(=O)Nc1cccc(NC(=O)[C@H](c2ccccc2)N(C)CC)c1. The lowest BCUT2D eigenvalue weighted by molar-refractivity contribution is -0.121. The summed E-state index contributed by atoms with van der Waals surface area (Å²) >= 11 is 0. The summed E-state index contributed by atoms with van der Waals surface area (Å²) in [5.74, 6) is -0.161. The molecular formula is C20H25N3O2. The number of amides is 2. The third-order valence-corrected chi connectivity index (χ3v) is 4.04. The van der Waals surface area contributed by atoms with Crippen molar-refractivity contribution in [2.24, 2.45) is 0 Å². The van der Waals surface area contributed by atoms with E-state index >= 15 is 0 Å². The van der Waals surface area contributed by atoms with Crippen LogP contribution in [0.15, 0.2) is 54.6 Å². The Balaban J connectivity index is 2.18. The predicted molar refractivity (Wildman–Crippen MR) is 101 cm³/mol. The van der Waals surface area contributed by atoms with Crippen LogP contribution in [0, 0.1) is 0 Å². The molecule has 0 aromatic heterocycles. The van der Waals surface area contributed by atoms with Crippen LogP contribution in [0.4, 0.5) is 11.4 Å². The zero-order valence-corrected chi connectivity index (χ0v) is 15.0. The average molecular weight is 339 g/mol. The lowest BCUT2D eigenvalue weighted by Gasteiger charge is -2.26. The molecule has 5 nitrogen and oxygen atoms in total. The van der Waals surface area contributed by atoms with Crippen molar-refractivity contribution >= 4 is 23.2 Å². The quantitative estimate of drug-likeness (QED) is 0.809. The van der Waals surface area contributed by atoms with Gasteiger partial charge in [-0.2, -0.15) is 0 Å². The number of nitrogens with one attached hydrogen (secondary N) is 2. The zero-order chi connectivity index (χ0) is 18.2. The summed E-state index contributed by atoms with van der Waals surface area (Å²) < 4.78 is 0. The molecule has 2 N–H and O–H groups in total. The van der Waals surface area contributed by atoms with E-state index in [0.29, 0.717) is 17.8 Å². The van der Waals surface area contributed by atoms with E-state index < -0.39 is 0 Å². The first-order chi connectivity index (χ1) is 12.0. The van der Waals surface area contributed by atoms with Crippen molar-refractivity contribution in [3.8, 4) is 0 Å². The molecule has 0 spiro atoms. The number of hydrogen-bond donors (Lipinski definition) is 2. The molecule has 5 heteroatoms. The van der Waals surface area contributed by atoms with E-state index in [2.05, 4.69) is 10.6 Å². The molecule has 0 saturated heterocycles. The van der Waals surface area contributed by atoms with Gasteiger partial charge in [-0.05, 0) is 37.4 Å². The smallest absolute Gasteiger partial charge is 0.246 e. The van der Waals surface area contributed by atoms with Crippen LogP contribution in [0.5, 0.6) is 0 Å². The highest BCUT2D eigenvalue weighted by Gasteiger charge is 2.24. The molecule has 0 unspecified atom stereocenters. The number of benzene rings is 2. The van der Waals surface area contributed by atoms with Gasteiger partial charge in [0.1, 0.15) is 6.04 Å². The van der Waals surface area contributed by atoms with Gasteiger partial charge in [0.05, 0.1) is 0 Å². The largest absolute Gasteiger partial charge is 0.326 e. The Morgan fingerprint density at radius 3 is 2.20 bits per heavy atom. The molecule has 0 aliphatic carbocycles. The molecular weight excluding hydrogens is 314 g/mol. The van der Waals surface area contributed by atoms with Crippen LogP contribution in [0.25, 0.3) is 0 Å². The Morgan fingerprint density at radius 2 is 1.60 bits per heavy atom. The van der Waals surface area contributed by atoms with Gasteiger partial charge in [0.2, 0.25) is 11.8 Å². The molecule has 25 heavy (non-hydrogen) atoms. The van der Waals surface area contributed by atoms with E-state index in [1.807, 2.05) is 61.3 Å². The number of hydrogen-bond acceptors (Lipinski definition) is 3. The fourth-order valence-electron chi connectivity index (χ4n) is 2.56. The van der Waals surface area contributed by atoms with E-state index in [0.717, 1.165) is 12.1 Å².